The van der Waals surface area contributed by atoms with E-state index >= 15 is 0 Å². The second-order valence-corrected chi connectivity index (χ2v) is 5.04. The summed E-state index contributed by atoms with van der Waals surface area (Å²) in [6.45, 7) is 0.209. The fourth-order valence-corrected chi connectivity index (χ4v) is 2.16. The van der Waals surface area contributed by atoms with E-state index in [-0.39, 0.29) is 36.0 Å². The first-order chi connectivity index (χ1) is 12.5. The highest BCUT2D eigenvalue weighted by Crippen LogP contribution is 2.34. The van der Waals surface area contributed by atoms with Crippen LogP contribution in [-0.2, 0) is 0 Å². The van der Waals surface area contributed by atoms with Gasteiger partial charge in [0, 0.05) is 6.07 Å². The zero-order chi connectivity index (χ0) is 19.1. The summed E-state index contributed by atoms with van der Waals surface area (Å²) >= 11 is 0. The van der Waals surface area contributed by atoms with E-state index in [2.05, 4.69) is 5.32 Å². The molecule has 1 amide bonds. The summed E-state index contributed by atoms with van der Waals surface area (Å²) in [5.74, 6) is -0.245. The molecular weight excluding hydrogens is 347 g/mol. The van der Waals surface area contributed by atoms with Gasteiger partial charge in [-0.05, 0) is 24.3 Å². The van der Waals surface area contributed by atoms with Gasteiger partial charge in [-0.15, -0.1) is 0 Å². The minimum absolute atomic E-state index is 0.0989. The largest absolute Gasteiger partial charge is 0.493 e. The van der Waals surface area contributed by atoms with Gasteiger partial charge in [0.05, 0.1) is 31.8 Å². The number of methoxy groups -OCH3 is 2. The average Bonchev–Trinajstić information content (AvgIpc) is 2.65. The lowest BCUT2D eigenvalue weighted by Gasteiger charge is -2.11. The van der Waals surface area contributed by atoms with Crippen molar-refractivity contribution in [3.63, 3.8) is 0 Å². The van der Waals surface area contributed by atoms with Gasteiger partial charge in [0.15, 0.2) is 11.5 Å². The SMILES string of the molecule is COc1cc(C(=O)NCCOc2ccc(F)cc2)c([N+](=O)[O-])cc1OC. The summed E-state index contributed by atoms with van der Waals surface area (Å²) in [5.41, 5.74) is -0.561. The van der Waals surface area contributed by atoms with Crippen molar-refractivity contribution in [2.24, 2.45) is 0 Å². The van der Waals surface area contributed by atoms with Crippen molar-refractivity contribution in [2.75, 3.05) is 27.4 Å². The smallest absolute Gasteiger partial charge is 0.286 e. The second-order valence-electron chi connectivity index (χ2n) is 5.04. The van der Waals surface area contributed by atoms with Gasteiger partial charge in [0.2, 0.25) is 0 Å². The Kier molecular flexibility index (Phi) is 6.31. The molecule has 0 saturated carbocycles. The number of nitrogens with zero attached hydrogens (tertiary/aromatic N) is 1. The summed E-state index contributed by atoms with van der Waals surface area (Å²) in [5, 5.41) is 13.7. The summed E-state index contributed by atoms with van der Waals surface area (Å²) in [6, 6.07) is 7.78. The molecule has 0 radical (unpaired) electrons. The normalized spacial score (nSPS) is 10.1. The van der Waals surface area contributed by atoms with Gasteiger partial charge >= 0.3 is 0 Å². The molecule has 0 saturated heterocycles. The fourth-order valence-electron chi connectivity index (χ4n) is 2.16. The lowest BCUT2D eigenvalue weighted by Crippen LogP contribution is -2.28. The molecule has 9 heteroatoms. The van der Waals surface area contributed by atoms with Crippen molar-refractivity contribution in [3.05, 3.63) is 57.9 Å². The van der Waals surface area contributed by atoms with Crippen LogP contribution in [0.15, 0.2) is 36.4 Å². The first-order valence-electron chi connectivity index (χ1n) is 7.53. The van der Waals surface area contributed by atoms with Crippen LogP contribution < -0.4 is 19.5 Å². The molecule has 138 valence electrons. The summed E-state index contributed by atoms with van der Waals surface area (Å²) in [4.78, 5) is 22.8. The molecule has 0 aliphatic heterocycles. The average molecular weight is 364 g/mol. The molecule has 8 nitrogen and oxygen atoms in total. The third-order valence-electron chi connectivity index (χ3n) is 3.41. The summed E-state index contributed by atoms with van der Waals surface area (Å²) < 4.78 is 28.2. The number of rotatable bonds is 8. The van der Waals surface area contributed by atoms with Crippen molar-refractivity contribution >= 4 is 11.6 Å². The van der Waals surface area contributed by atoms with Gasteiger partial charge < -0.3 is 19.5 Å². The lowest BCUT2D eigenvalue weighted by molar-refractivity contribution is -0.385. The minimum Gasteiger partial charge on any atom is -0.493 e. The van der Waals surface area contributed by atoms with Gasteiger partial charge in [-0.3, -0.25) is 14.9 Å². The quantitative estimate of drug-likeness (QED) is 0.439. The number of carbonyl (C=O) groups excluding carboxylic acids is 1. The van der Waals surface area contributed by atoms with E-state index in [0.29, 0.717) is 5.75 Å². The number of halogens is 1. The van der Waals surface area contributed by atoms with Gasteiger partial charge in [-0.25, -0.2) is 4.39 Å². The van der Waals surface area contributed by atoms with Crippen molar-refractivity contribution in [1.82, 2.24) is 5.32 Å². The maximum absolute atomic E-state index is 12.8. The summed E-state index contributed by atoms with van der Waals surface area (Å²) in [6.07, 6.45) is 0. The van der Waals surface area contributed by atoms with Crippen molar-refractivity contribution in [1.29, 1.82) is 0 Å². The lowest BCUT2D eigenvalue weighted by atomic mass is 10.1. The minimum atomic E-state index is -0.675. The van der Waals surface area contributed by atoms with E-state index in [0.717, 1.165) is 6.07 Å². The van der Waals surface area contributed by atoms with Crippen LogP contribution in [0.3, 0.4) is 0 Å². The highest BCUT2D eigenvalue weighted by Gasteiger charge is 2.24. The number of hydrogen-bond donors (Lipinski definition) is 1. The first kappa shape index (κ1) is 19.0. The number of nitrogens with one attached hydrogen (secondary N) is 1. The number of benzene rings is 2. The topological polar surface area (TPSA) is 99.9 Å². The molecule has 2 aromatic carbocycles. The number of hydrogen-bond acceptors (Lipinski definition) is 6. The van der Waals surface area contributed by atoms with Crippen molar-refractivity contribution in [3.8, 4) is 17.2 Å². The predicted octanol–water partition coefficient (Wildman–Crippen LogP) is 2.56. The zero-order valence-electron chi connectivity index (χ0n) is 14.2. The van der Waals surface area contributed by atoms with Crippen LogP contribution >= 0.6 is 0 Å². The van der Waals surface area contributed by atoms with E-state index in [1.807, 2.05) is 0 Å². The molecule has 0 heterocycles. The number of amides is 1. The Morgan fingerprint density at radius 3 is 2.35 bits per heavy atom. The summed E-state index contributed by atoms with van der Waals surface area (Å²) in [7, 11) is 2.70. The molecule has 1 N–H and O–H groups in total. The Hall–Kier alpha value is -3.36. The second kappa shape index (κ2) is 8.65. The number of carbonyl (C=O) groups is 1. The third-order valence-corrected chi connectivity index (χ3v) is 3.41. The number of nitro groups is 1. The van der Waals surface area contributed by atoms with E-state index in [4.69, 9.17) is 14.2 Å². The Morgan fingerprint density at radius 1 is 1.15 bits per heavy atom. The maximum atomic E-state index is 12.8. The molecule has 0 spiro atoms. The van der Waals surface area contributed by atoms with E-state index < -0.39 is 16.5 Å². The van der Waals surface area contributed by atoms with Gasteiger partial charge in [-0.1, -0.05) is 0 Å². The zero-order valence-corrected chi connectivity index (χ0v) is 14.2. The molecule has 2 aromatic rings. The number of ether oxygens (including phenoxy) is 3. The molecule has 0 fully saturated rings. The molecular formula is C17H17FN2O6. The Balaban J connectivity index is 2.03. The molecule has 0 bridgehead atoms. The van der Waals surface area contributed by atoms with Crippen molar-refractivity contribution < 1.29 is 28.3 Å². The molecule has 26 heavy (non-hydrogen) atoms. The number of nitro benzene ring substituents is 1. The Morgan fingerprint density at radius 2 is 1.77 bits per heavy atom. The molecule has 0 aromatic heterocycles. The van der Waals surface area contributed by atoms with Crippen LogP contribution in [0.25, 0.3) is 0 Å². The van der Waals surface area contributed by atoms with E-state index in [1.54, 1.807) is 0 Å². The van der Waals surface area contributed by atoms with Crippen LogP contribution in [0.2, 0.25) is 0 Å². The van der Waals surface area contributed by atoms with Gasteiger partial charge in [0.25, 0.3) is 11.6 Å². The molecule has 2 rings (SSSR count). The molecule has 0 unspecified atom stereocenters. The van der Waals surface area contributed by atoms with Crippen LogP contribution in [0.4, 0.5) is 10.1 Å². The first-order valence-corrected chi connectivity index (χ1v) is 7.53. The predicted molar refractivity (Wildman–Crippen MR) is 90.4 cm³/mol. The molecule has 0 aliphatic rings. The highest BCUT2D eigenvalue weighted by atomic mass is 19.1. The monoisotopic (exact) mass is 364 g/mol. The molecule has 0 aliphatic carbocycles. The van der Waals surface area contributed by atoms with Gasteiger partial charge in [0.1, 0.15) is 23.7 Å². The molecule has 0 atom stereocenters. The van der Waals surface area contributed by atoms with Crippen LogP contribution in [0, 0.1) is 15.9 Å². The van der Waals surface area contributed by atoms with Crippen LogP contribution in [0.5, 0.6) is 17.2 Å². The third kappa shape index (κ3) is 4.59. The highest BCUT2D eigenvalue weighted by molar-refractivity contribution is 5.99. The van der Waals surface area contributed by atoms with E-state index in [9.17, 15) is 19.3 Å². The van der Waals surface area contributed by atoms with E-state index in [1.165, 1.54) is 44.6 Å². The standard InChI is InChI=1S/C17H17FN2O6/c1-24-15-9-13(14(20(22)23)10-16(15)25-2)17(21)19-7-8-26-12-5-3-11(18)4-6-12/h3-6,9-10H,7-8H2,1-2H3,(H,19,21). The maximum Gasteiger partial charge on any atom is 0.286 e. The Bertz CT molecular complexity index is 795. The van der Waals surface area contributed by atoms with Gasteiger partial charge in [-0.2, -0.15) is 0 Å². The fraction of sp³-hybridized carbons (Fsp3) is 0.235. The van der Waals surface area contributed by atoms with Crippen LogP contribution in [-0.4, -0.2) is 38.2 Å². The Labute approximate surface area is 148 Å². The van der Waals surface area contributed by atoms with Crippen molar-refractivity contribution in [2.45, 2.75) is 0 Å². The van der Waals surface area contributed by atoms with Crippen LogP contribution in [0.1, 0.15) is 10.4 Å².